The van der Waals surface area contributed by atoms with Crippen molar-refractivity contribution in [3.8, 4) is 0 Å². The van der Waals surface area contributed by atoms with E-state index in [9.17, 15) is 5.11 Å². The normalized spacial score (nSPS) is 12.3. The SMILES string of the molecule is Cc1c(CNC(C)(C)CO)n(C)c2ccccc12. The van der Waals surface area contributed by atoms with Crippen molar-refractivity contribution in [2.24, 2.45) is 7.05 Å². The van der Waals surface area contributed by atoms with Gasteiger partial charge in [-0.3, -0.25) is 0 Å². The number of fused-ring (bicyclic) bond motifs is 1. The van der Waals surface area contributed by atoms with E-state index in [1.54, 1.807) is 0 Å². The number of aromatic nitrogens is 1. The molecule has 1 aromatic carbocycles. The van der Waals surface area contributed by atoms with Gasteiger partial charge in [0.05, 0.1) is 6.61 Å². The van der Waals surface area contributed by atoms with Crippen molar-refractivity contribution in [1.29, 1.82) is 0 Å². The van der Waals surface area contributed by atoms with E-state index in [-0.39, 0.29) is 12.1 Å². The Balaban J connectivity index is 2.34. The Kier molecular flexibility index (Phi) is 3.46. The standard InChI is InChI=1S/C15H22N2O/c1-11-12-7-5-6-8-13(12)17(4)14(11)9-16-15(2,3)10-18/h5-8,16,18H,9-10H2,1-4H3. The quantitative estimate of drug-likeness (QED) is 0.869. The molecule has 1 aromatic heterocycles. The lowest BCUT2D eigenvalue weighted by Gasteiger charge is -2.24. The Hall–Kier alpha value is -1.32. The van der Waals surface area contributed by atoms with Crippen LogP contribution in [0.3, 0.4) is 0 Å². The Bertz CT molecular complexity index is 516. The highest BCUT2D eigenvalue weighted by molar-refractivity contribution is 5.85. The first-order valence-corrected chi connectivity index (χ1v) is 6.35. The fraction of sp³-hybridized carbons (Fsp3) is 0.467. The first-order chi connectivity index (χ1) is 8.46. The molecule has 0 radical (unpaired) electrons. The molecule has 3 heteroatoms. The molecule has 0 aliphatic carbocycles. The van der Waals surface area contributed by atoms with Crippen LogP contribution in [-0.2, 0) is 13.6 Å². The molecule has 0 spiro atoms. The lowest BCUT2D eigenvalue weighted by atomic mass is 10.1. The van der Waals surface area contributed by atoms with Gasteiger partial charge >= 0.3 is 0 Å². The molecule has 1 heterocycles. The van der Waals surface area contributed by atoms with E-state index in [0.29, 0.717) is 0 Å². The van der Waals surface area contributed by atoms with E-state index in [4.69, 9.17) is 0 Å². The van der Waals surface area contributed by atoms with Crippen molar-refractivity contribution < 1.29 is 5.11 Å². The van der Waals surface area contributed by atoms with Crippen LogP contribution in [0.1, 0.15) is 25.1 Å². The topological polar surface area (TPSA) is 37.2 Å². The third-order valence-corrected chi connectivity index (χ3v) is 3.64. The summed E-state index contributed by atoms with van der Waals surface area (Å²) >= 11 is 0. The molecular weight excluding hydrogens is 224 g/mol. The Morgan fingerprint density at radius 1 is 1.28 bits per heavy atom. The van der Waals surface area contributed by atoms with Crippen molar-refractivity contribution in [2.75, 3.05) is 6.61 Å². The molecule has 0 unspecified atom stereocenters. The van der Waals surface area contributed by atoms with Gasteiger partial charge in [-0.25, -0.2) is 0 Å². The zero-order valence-corrected chi connectivity index (χ0v) is 11.6. The summed E-state index contributed by atoms with van der Waals surface area (Å²) < 4.78 is 2.23. The summed E-state index contributed by atoms with van der Waals surface area (Å²) in [6.45, 7) is 7.07. The van der Waals surface area contributed by atoms with Crippen LogP contribution < -0.4 is 5.32 Å². The molecule has 0 saturated carbocycles. The maximum atomic E-state index is 9.28. The molecule has 0 bridgehead atoms. The van der Waals surface area contributed by atoms with Crippen molar-refractivity contribution in [3.05, 3.63) is 35.5 Å². The molecule has 0 atom stereocenters. The van der Waals surface area contributed by atoms with E-state index < -0.39 is 0 Å². The molecule has 18 heavy (non-hydrogen) atoms. The number of hydrogen-bond acceptors (Lipinski definition) is 2. The van der Waals surface area contributed by atoms with Crippen LogP contribution in [0.5, 0.6) is 0 Å². The van der Waals surface area contributed by atoms with Gasteiger partial charge < -0.3 is 15.0 Å². The number of nitrogens with one attached hydrogen (secondary N) is 1. The number of benzene rings is 1. The number of aliphatic hydroxyl groups excluding tert-OH is 1. The van der Waals surface area contributed by atoms with Gasteiger partial charge in [-0.1, -0.05) is 18.2 Å². The summed E-state index contributed by atoms with van der Waals surface area (Å²) in [6.07, 6.45) is 0. The number of aliphatic hydroxyl groups is 1. The van der Waals surface area contributed by atoms with E-state index in [1.165, 1.54) is 22.2 Å². The van der Waals surface area contributed by atoms with Crippen molar-refractivity contribution in [3.63, 3.8) is 0 Å². The molecule has 0 saturated heterocycles. The van der Waals surface area contributed by atoms with Crippen LogP contribution in [0.15, 0.2) is 24.3 Å². The monoisotopic (exact) mass is 246 g/mol. The molecule has 0 fully saturated rings. The molecular formula is C15H22N2O. The number of para-hydroxylation sites is 1. The number of nitrogens with zero attached hydrogens (tertiary/aromatic N) is 1. The summed E-state index contributed by atoms with van der Waals surface area (Å²) in [5.74, 6) is 0. The molecule has 2 rings (SSSR count). The first kappa shape index (κ1) is 13.1. The van der Waals surface area contributed by atoms with E-state index in [1.807, 2.05) is 13.8 Å². The maximum absolute atomic E-state index is 9.28. The average Bonchev–Trinajstić information content (AvgIpc) is 2.61. The van der Waals surface area contributed by atoms with Crippen LogP contribution in [0.25, 0.3) is 10.9 Å². The number of hydrogen-bond donors (Lipinski definition) is 2. The Labute approximate surface area is 108 Å². The van der Waals surface area contributed by atoms with Crippen molar-refractivity contribution in [2.45, 2.75) is 32.9 Å². The lowest BCUT2D eigenvalue weighted by molar-refractivity contribution is 0.186. The average molecular weight is 246 g/mol. The summed E-state index contributed by atoms with van der Waals surface area (Å²) in [5, 5.41) is 14.0. The van der Waals surface area contributed by atoms with Gasteiger partial charge in [0, 0.05) is 35.7 Å². The highest BCUT2D eigenvalue weighted by Crippen LogP contribution is 2.24. The predicted octanol–water partition coefficient (Wildman–Crippen LogP) is 2.35. The Morgan fingerprint density at radius 3 is 2.56 bits per heavy atom. The van der Waals surface area contributed by atoms with Crippen molar-refractivity contribution in [1.82, 2.24) is 9.88 Å². The van der Waals surface area contributed by atoms with Crippen LogP contribution >= 0.6 is 0 Å². The highest BCUT2D eigenvalue weighted by Gasteiger charge is 2.17. The minimum absolute atomic E-state index is 0.135. The third kappa shape index (κ3) is 2.28. The minimum atomic E-state index is -0.247. The molecule has 2 N–H and O–H groups in total. The number of rotatable bonds is 4. The molecule has 0 aliphatic heterocycles. The van der Waals surface area contributed by atoms with Crippen LogP contribution in [0.4, 0.5) is 0 Å². The zero-order valence-electron chi connectivity index (χ0n) is 11.6. The molecule has 0 aliphatic rings. The first-order valence-electron chi connectivity index (χ1n) is 6.35. The van der Waals surface area contributed by atoms with E-state index in [2.05, 4.69) is 48.1 Å². The second-order valence-corrected chi connectivity index (χ2v) is 5.54. The zero-order chi connectivity index (χ0) is 13.3. The molecule has 2 aromatic rings. The second-order valence-electron chi connectivity index (χ2n) is 5.54. The summed E-state index contributed by atoms with van der Waals surface area (Å²) in [7, 11) is 2.10. The van der Waals surface area contributed by atoms with Crippen LogP contribution in [0, 0.1) is 6.92 Å². The fourth-order valence-electron chi connectivity index (χ4n) is 2.27. The van der Waals surface area contributed by atoms with Gasteiger partial charge in [0.25, 0.3) is 0 Å². The molecule has 3 nitrogen and oxygen atoms in total. The number of aryl methyl sites for hydroxylation is 2. The third-order valence-electron chi connectivity index (χ3n) is 3.64. The summed E-state index contributed by atoms with van der Waals surface area (Å²) in [4.78, 5) is 0. The predicted molar refractivity (Wildman–Crippen MR) is 75.7 cm³/mol. The van der Waals surface area contributed by atoms with Gasteiger partial charge in [-0.15, -0.1) is 0 Å². The van der Waals surface area contributed by atoms with Crippen LogP contribution in [-0.4, -0.2) is 21.8 Å². The lowest BCUT2D eigenvalue weighted by Crippen LogP contribution is -2.42. The minimum Gasteiger partial charge on any atom is -0.394 e. The molecule has 0 amide bonds. The van der Waals surface area contributed by atoms with Gasteiger partial charge in [0.15, 0.2) is 0 Å². The Morgan fingerprint density at radius 2 is 1.94 bits per heavy atom. The highest BCUT2D eigenvalue weighted by atomic mass is 16.3. The fourth-order valence-corrected chi connectivity index (χ4v) is 2.27. The van der Waals surface area contributed by atoms with Crippen LogP contribution in [0.2, 0.25) is 0 Å². The van der Waals surface area contributed by atoms with Gasteiger partial charge in [-0.05, 0) is 32.4 Å². The van der Waals surface area contributed by atoms with Gasteiger partial charge in [-0.2, -0.15) is 0 Å². The van der Waals surface area contributed by atoms with E-state index >= 15 is 0 Å². The van der Waals surface area contributed by atoms with Gasteiger partial charge in [0.1, 0.15) is 0 Å². The van der Waals surface area contributed by atoms with E-state index in [0.717, 1.165) is 6.54 Å². The van der Waals surface area contributed by atoms with Gasteiger partial charge in [0.2, 0.25) is 0 Å². The second kappa shape index (κ2) is 4.75. The van der Waals surface area contributed by atoms with Crippen molar-refractivity contribution >= 4 is 10.9 Å². The smallest absolute Gasteiger partial charge is 0.0607 e. The maximum Gasteiger partial charge on any atom is 0.0607 e. The largest absolute Gasteiger partial charge is 0.394 e. The molecule has 98 valence electrons. The summed E-state index contributed by atoms with van der Waals surface area (Å²) in [6, 6.07) is 8.44. The summed E-state index contributed by atoms with van der Waals surface area (Å²) in [5.41, 5.74) is 3.60.